The molecule has 0 saturated carbocycles. The lowest BCUT2D eigenvalue weighted by atomic mass is 9.94. The SMILES string of the molecule is CCC(=O)c1cc(Nc2cc(OC)cc(OC)c2)ccc1-c1c[nH]c2c(CCN(C)C)cccc12. The van der Waals surface area contributed by atoms with Crippen LogP contribution in [0.15, 0.2) is 60.8 Å². The van der Waals surface area contributed by atoms with Gasteiger partial charge in [0.25, 0.3) is 0 Å². The third-order valence-corrected chi connectivity index (χ3v) is 6.20. The molecule has 4 rings (SSSR count). The number of aromatic amines is 1. The molecule has 0 radical (unpaired) electrons. The van der Waals surface area contributed by atoms with E-state index in [0.29, 0.717) is 23.5 Å². The molecule has 1 heterocycles. The number of Topliss-reactive ketones (excluding diaryl/α,β-unsaturated/α-hetero) is 1. The van der Waals surface area contributed by atoms with E-state index in [0.717, 1.165) is 46.4 Å². The molecule has 0 spiro atoms. The van der Waals surface area contributed by atoms with Gasteiger partial charge in [-0.15, -0.1) is 0 Å². The van der Waals surface area contributed by atoms with E-state index >= 15 is 0 Å². The molecule has 2 N–H and O–H groups in total. The minimum absolute atomic E-state index is 0.102. The molecule has 0 aliphatic carbocycles. The van der Waals surface area contributed by atoms with Crippen LogP contribution in [0.2, 0.25) is 0 Å². The summed E-state index contributed by atoms with van der Waals surface area (Å²) in [5.41, 5.74) is 6.72. The first-order valence-corrected chi connectivity index (χ1v) is 11.8. The van der Waals surface area contributed by atoms with E-state index in [4.69, 9.17) is 9.47 Å². The number of ketones is 1. The maximum absolute atomic E-state index is 13.0. The number of H-pyrrole nitrogens is 1. The Morgan fingerprint density at radius 1 is 0.943 bits per heavy atom. The molecular weight excluding hydrogens is 438 g/mol. The Labute approximate surface area is 206 Å². The number of carbonyl (C=O) groups excluding carboxylic acids is 1. The van der Waals surface area contributed by atoms with Crippen LogP contribution in [0.1, 0.15) is 29.3 Å². The average molecular weight is 472 g/mol. The minimum atomic E-state index is 0.102. The summed E-state index contributed by atoms with van der Waals surface area (Å²) in [5.74, 6) is 1.49. The highest BCUT2D eigenvalue weighted by Crippen LogP contribution is 2.36. The smallest absolute Gasteiger partial charge is 0.163 e. The van der Waals surface area contributed by atoms with Crippen LogP contribution in [-0.2, 0) is 6.42 Å². The molecular formula is C29H33N3O3. The van der Waals surface area contributed by atoms with Crippen molar-refractivity contribution in [2.75, 3.05) is 40.2 Å². The molecule has 0 amide bonds. The second-order valence-electron chi connectivity index (χ2n) is 8.86. The van der Waals surface area contributed by atoms with Crippen molar-refractivity contribution in [2.45, 2.75) is 19.8 Å². The third kappa shape index (κ3) is 5.33. The van der Waals surface area contributed by atoms with Gasteiger partial charge in [-0.25, -0.2) is 0 Å². The number of aromatic nitrogens is 1. The molecule has 0 unspecified atom stereocenters. The van der Waals surface area contributed by atoms with Gasteiger partial charge in [0.15, 0.2) is 5.78 Å². The molecule has 0 atom stereocenters. The summed E-state index contributed by atoms with van der Waals surface area (Å²) in [6.07, 6.45) is 3.41. The number of hydrogen-bond donors (Lipinski definition) is 2. The lowest BCUT2D eigenvalue weighted by Crippen LogP contribution is -2.15. The lowest BCUT2D eigenvalue weighted by molar-refractivity contribution is 0.0989. The van der Waals surface area contributed by atoms with Crippen molar-refractivity contribution in [2.24, 2.45) is 0 Å². The number of methoxy groups -OCH3 is 2. The summed E-state index contributed by atoms with van der Waals surface area (Å²) in [4.78, 5) is 18.7. The number of nitrogens with one attached hydrogen (secondary N) is 2. The number of fused-ring (bicyclic) bond motifs is 1. The predicted molar refractivity (Wildman–Crippen MR) is 143 cm³/mol. The molecule has 3 aromatic carbocycles. The summed E-state index contributed by atoms with van der Waals surface area (Å²) in [7, 11) is 7.41. The number of rotatable bonds is 10. The van der Waals surface area contributed by atoms with Crippen LogP contribution in [0.4, 0.5) is 11.4 Å². The second kappa shape index (κ2) is 10.7. The van der Waals surface area contributed by atoms with E-state index in [-0.39, 0.29) is 5.78 Å². The molecule has 0 bridgehead atoms. The molecule has 35 heavy (non-hydrogen) atoms. The zero-order valence-electron chi connectivity index (χ0n) is 21.1. The van der Waals surface area contributed by atoms with E-state index < -0.39 is 0 Å². The number of ether oxygens (including phenoxy) is 2. The summed E-state index contributed by atoms with van der Waals surface area (Å²) in [6, 6.07) is 18.0. The summed E-state index contributed by atoms with van der Waals surface area (Å²) >= 11 is 0. The van der Waals surface area contributed by atoms with Gasteiger partial charge in [0.1, 0.15) is 11.5 Å². The molecule has 4 aromatic rings. The van der Waals surface area contributed by atoms with Crippen LogP contribution in [0.25, 0.3) is 22.0 Å². The Kier molecular flexibility index (Phi) is 7.42. The Hall–Kier alpha value is -3.77. The Bertz CT molecular complexity index is 1320. The highest BCUT2D eigenvalue weighted by molar-refractivity contribution is 6.07. The summed E-state index contributed by atoms with van der Waals surface area (Å²) < 4.78 is 10.8. The number of nitrogens with zero attached hydrogens (tertiary/aromatic N) is 1. The van der Waals surface area contributed by atoms with Crippen LogP contribution in [0, 0.1) is 0 Å². The van der Waals surface area contributed by atoms with Crippen molar-refractivity contribution < 1.29 is 14.3 Å². The Morgan fingerprint density at radius 3 is 2.34 bits per heavy atom. The first kappa shape index (κ1) is 24.4. The lowest BCUT2D eigenvalue weighted by Gasteiger charge is -2.14. The highest BCUT2D eigenvalue weighted by atomic mass is 16.5. The number of likely N-dealkylation sites (N-methyl/N-ethyl adjacent to an activating group) is 1. The van der Waals surface area contributed by atoms with Gasteiger partial charge in [0, 0.05) is 70.8 Å². The summed E-state index contributed by atoms with van der Waals surface area (Å²) in [6.45, 7) is 2.87. The molecule has 0 aliphatic rings. The molecule has 1 aromatic heterocycles. The largest absolute Gasteiger partial charge is 0.497 e. The van der Waals surface area contributed by atoms with Gasteiger partial charge in [-0.3, -0.25) is 4.79 Å². The number of benzene rings is 3. The average Bonchev–Trinajstić information content (AvgIpc) is 3.31. The normalized spacial score (nSPS) is 11.1. The number of anilines is 2. The fourth-order valence-corrected chi connectivity index (χ4v) is 4.32. The maximum atomic E-state index is 13.0. The van der Waals surface area contributed by atoms with Gasteiger partial charge >= 0.3 is 0 Å². The molecule has 0 saturated heterocycles. The Balaban J connectivity index is 1.74. The maximum Gasteiger partial charge on any atom is 0.163 e. The zero-order chi connectivity index (χ0) is 24.9. The molecule has 6 nitrogen and oxygen atoms in total. The predicted octanol–water partition coefficient (Wildman–Crippen LogP) is 6.29. The van der Waals surface area contributed by atoms with Crippen LogP contribution in [0.3, 0.4) is 0 Å². The van der Waals surface area contributed by atoms with E-state index in [9.17, 15) is 4.79 Å². The van der Waals surface area contributed by atoms with Gasteiger partial charge in [-0.2, -0.15) is 0 Å². The summed E-state index contributed by atoms with van der Waals surface area (Å²) in [5, 5.41) is 4.52. The fraction of sp³-hybridized carbons (Fsp3) is 0.276. The van der Waals surface area contributed by atoms with Gasteiger partial charge in [0.2, 0.25) is 0 Å². The van der Waals surface area contributed by atoms with E-state index in [1.165, 1.54) is 5.56 Å². The van der Waals surface area contributed by atoms with Gasteiger partial charge in [0.05, 0.1) is 14.2 Å². The Morgan fingerprint density at radius 2 is 1.69 bits per heavy atom. The van der Waals surface area contributed by atoms with Crippen molar-refractivity contribution >= 4 is 28.1 Å². The van der Waals surface area contributed by atoms with E-state index in [1.54, 1.807) is 14.2 Å². The van der Waals surface area contributed by atoms with Crippen molar-refractivity contribution in [3.8, 4) is 22.6 Å². The number of hydrogen-bond acceptors (Lipinski definition) is 5. The quantitative estimate of drug-likeness (QED) is 0.266. The minimum Gasteiger partial charge on any atom is -0.497 e. The van der Waals surface area contributed by atoms with Crippen LogP contribution in [0.5, 0.6) is 11.5 Å². The van der Waals surface area contributed by atoms with Crippen molar-refractivity contribution in [3.63, 3.8) is 0 Å². The van der Waals surface area contributed by atoms with E-state index in [2.05, 4.69) is 47.5 Å². The standard InChI is InChI=1S/C29H33N3O3/c1-6-28(33)26-16-20(31-21-14-22(34-4)17-23(15-21)35-5)10-11-24(26)27-18-30-29-19(12-13-32(2)3)8-7-9-25(27)29/h7-11,14-18,30-31H,6,12-13H2,1-5H3. The van der Waals surface area contributed by atoms with Crippen molar-refractivity contribution in [1.82, 2.24) is 9.88 Å². The first-order chi connectivity index (χ1) is 16.9. The zero-order valence-corrected chi connectivity index (χ0v) is 21.1. The fourth-order valence-electron chi connectivity index (χ4n) is 4.32. The highest BCUT2D eigenvalue weighted by Gasteiger charge is 2.17. The van der Waals surface area contributed by atoms with Crippen LogP contribution >= 0.6 is 0 Å². The van der Waals surface area contributed by atoms with Gasteiger partial charge < -0.3 is 24.7 Å². The van der Waals surface area contributed by atoms with Gasteiger partial charge in [-0.05, 0) is 43.8 Å². The van der Waals surface area contributed by atoms with Crippen LogP contribution in [-0.4, -0.2) is 50.5 Å². The molecule has 6 heteroatoms. The topological polar surface area (TPSA) is 66.6 Å². The van der Waals surface area contributed by atoms with E-state index in [1.807, 2.05) is 49.5 Å². The monoisotopic (exact) mass is 471 g/mol. The van der Waals surface area contributed by atoms with Gasteiger partial charge in [-0.1, -0.05) is 31.2 Å². The molecule has 0 fully saturated rings. The second-order valence-corrected chi connectivity index (χ2v) is 8.86. The van der Waals surface area contributed by atoms with Crippen molar-refractivity contribution in [3.05, 3.63) is 71.9 Å². The van der Waals surface area contributed by atoms with Crippen molar-refractivity contribution in [1.29, 1.82) is 0 Å². The number of carbonyl (C=O) groups is 1. The third-order valence-electron chi connectivity index (χ3n) is 6.20. The molecule has 182 valence electrons. The number of para-hydroxylation sites is 1. The van der Waals surface area contributed by atoms with Crippen LogP contribution < -0.4 is 14.8 Å². The molecule has 0 aliphatic heterocycles. The first-order valence-electron chi connectivity index (χ1n) is 11.8.